The predicted octanol–water partition coefficient (Wildman–Crippen LogP) is 7.37. The van der Waals surface area contributed by atoms with E-state index in [1.807, 2.05) is 70.4 Å². The van der Waals surface area contributed by atoms with Crippen LogP contribution in [0.4, 0.5) is 23.7 Å². The van der Waals surface area contributed by atoms with Crippen molar-refractivity contribution in [3.63, 3.8) is 0 Å². The molecule has 1 aliphatic rings. The third-order valence-electron chi connectivity index (χ3n) is 6.43. The summed E-state index contributed by atoms with van der Waals surface area (Å²) in [6.45, 7) is 0.240. The van der Waals surface area contributed by atoms with Crippen molar-refractivity contribution in [3.8, 4) is 11.5 Å². The van der Waals surface area contributed by atoms with Crippen molar-refractivity contribution in [2.24, 2.45) is 0 Å². The summed E-state index contributed by atoms with van der Waals surface area (Å²) in [6, 6.07) is 17.9. The Balaban J connectivity index is 1.47. The van der Waals surface area contributed by atoms with Gasteiger partial charge < -0.3 is 9.47 Å². The fraction of sp³-hybridized carbons (Fsp3) is 0.100. The minimum absolute atomic E-state index is 0.240. The molecule has 4 amide bonds. The van der Waals surface area contributed by atoms with Crippen LogP contribution in [0.2, 0.25) is 5.02 Å². The Morgan fingerprint density at radius 3 is 2.48 bits per heavy atom. The lowest BCUT2D eigenvalue weighted by atomic mass is 10.0. The highest BCUT2D eigenvalue weighted by Crippen LogP contribution is 2.38. The molecule has 214 valence electrons. The number of carbonyl (C=O) groups is 3. The summed E-state index contributed by atoms with van der Waals surface area (Å²) in [5.41, 5.74) is -0.832. The van der Waals surface area contributed by atoms with Crippen LogP contribution in [0.5, 0.6) is 11.5 Å². The van der Waals surface area contributed by atoms with Crippen LogP contribution in [0, 0.1) is 3.57 Å². The summed E-state index contributed by atoms with van der Waals surface area (Å²) in [4.78, 5) is 38.9. The van der Waals surface area contributed by atoms with Crippen molar-refractivity contribution in [2.75, 3.05) is 12.0 Å². The minimum Gasteiger partial charge on any atom is -0.493 e. The summed E-state index contributed by atoms with van der Waals surface area (Å²) in [5, 5.41) is 3.80. The number of imide groups is 2. The second kappa shape index (κ2) is 11.6. The molecular formula is C30H19ClF3IN2O5. The molecule has 5 rings (SSSR count). The zero-order chi connectivity index (χ0) is 30.2. The predicted molar refractivity (Wildman–Crippen MR) is 159 cm³/mol. The van der Waals surface area contributed by atoms with Crippen LogP contribution in [0.1, 0.15) is 16.7 Å². The van der Waals surface area contributed by atoms with Crippen molar-refractivity contribution in [3.05, 3.63) is 104 Å². The minimum atomic E-state index is -4.76. The standard InChI is InChI=1S/C30H19ClF3IN2O5/c1-41-25-13-16(12-23(35)26(25)42-15-18-7-4-6-17-5-2-3-8-20(17)18)11-21-27(38)36-29(40)37(28(21)39)24-14-19(30(32,33)34)9-10-22(24)31/h2-14H,15H2,1H3,(H,36,38,40)/b21-11-. The number of nitrogens with one attached hydrogen (secondary N) is 1. The number of fused-ring (bicyclic) bond motifs is 1. The maximum atomic E-state index is 13.3. The summed E-state index contributed by atoms with van der Waals surface area (Å²) in [6.07, 6.45) is -3.55. The van der Waals surface area contributed by atoms with Gasteiger partial charge in [0.15, 0.2) is 11.5 Å². The van der Waals surface area contributed by atoms with Gasteiger partial charge >= 0.3 is 12.2 Å². The number of alkyl halides is 3. The second-order valence-electron chi connectivity index (χ2n) is 9.08. The Labute approximate surface area is 256 Å². The topological polar surface area (TPSA) is 84.9 Å². The summed E-state index contributed by atoms with van der Waals surface area (Å²) in [7, 11) is 1.43. The Morgan fingerprint density at radius 2 is 1.74 bits per heavy atom. The maximum absolute atomic E-state index is 13.3. The van der Waals surface area contributed by atoms with Crippen molar-refractivity contribution in [2.45, 2.75) is 12.8 Å². The number of ether oxygens (including phenoxy) is 2. The van der Waals surface area contributed by atoms with Crippen molar-refractivity contribution < 1.29 is 37.0 Å². The molecule has 4 aromatic carbocycles. The summed E-state index contributed by atoms with van der Waals surface area (Å²) in [5.74, 6) is -1.42. The van der Waals surface area contributed by atoms with Crippen LogP contribution in [0.15, 0.2) is 78.4 Å². The first-order valence-corrected chi connectivity index (χ1v) is 13.7. The number of hydrogen-bond donors (Lipinski definition) is 1. The number of methoxy groups -OCH3 is 1. The first kappa shape index (κ1) is 29.4. The van der Waals surface area contributed by atoms with E-state index in [2.05, 4.69) is 0 Å². The van der Waals surface area contributed by atoms with Gasteiger partial charge in [-0.3, -0.25) is 14.9 Å². The Morgan fingerprint density at radius 1 is 1.00 bits per heavy atom. The highest BCUT2D eigenvalue weighted by Gasteiger charge is 2.39. The molecule has 0 spiro atoms. The number of anilines is 1. The molecule has 0 aromatic heterocycles. The van der Waals surface area contributed by atoms with Crippen LogP contribution < -0.4 is 19.7 Å². The fourth-order valence-electron chi connectivity index (χ4n) is 4.43. The first-order valence-electron chi connectivity index (χ1n) is 12.2. The average molecular weight is 707 g/mol. The number of carbonyl (C=O) groups excluding carboxylic acids is 3. The van der Waals surface area contributed by atoms with Gasteiger partial charge in [0.1, 0.15) is 12.2 Å². The molecule has 0 aliphatic carbocycles. The van der Waals surface area contributed by atoms with E-state index in [0.29, 0.717) is 31.6 Å². The van der Waals surface area contributed by atoms with E-state index in [-0.39, 0.29) is 11.6 Å². The number of barbiturate groups is 1. The number of benzene rings is 4. The van der Waals surface area contributed by atoms with Crippen LogP contribution >= 0.6 is 34.2 Å². The Hall–Kier alpha value is -4.10. The van der Waals surface area contributed by atoms with Crippen molar-refractivity contribution in [1.82, 2.24) is 5.32 Å². The highest BCUT2D eigenvalue weighted by atomic mass is 127. The molecule has 12 heteroatoms. The fourth-order valence-corrected chi connectivity index (χ4v) is 5.42. The normalized spacial score (nSPS) is 14.9. The van der Waals surface area contributed by atoms with Crippen LogP contribution in [-0.2, 0) is 22.4 Å². The van der Waals surface area contributed by atoms with Gasteiger partial charge in [-0.1, -0.05) is 54.1 Å². The molecule has 42 heavy (non-hydrogen) atoms. The number of hydrogen-bond acceptors (Lipinski definition) is 5. The molecule has 1 fully saturated rings. The second-order valence-corrected chi connectivity index (χ2v) is 10.7. The molecule has 0 saturated carbocycles. The number of urea groups is 1. The lowest BCUT2D eigenvalue weighted by Gasteiger charge is -2.27. The molecule has 1 heterocycles. The lowest BCUT2D eigenvalue weighted by molar-refractivity contribution is -0.137. The maximum Gasteiger partial charge on any atom is 0.416 e. The molecule has 0 radical (unpaired) electrons. The number of amides is 4. The Bertz CT molecular complexity index is 1790. The highest BCUT2D eigenvalue weighted by molar-refractivity contribution is 14.1. The SMILES string of the molecule is COc1cc(/C=C2/C(=O)NC(=O)N(c3cc(C(F)(F)F)ccc3Cl)C2=O)cc(I)c1OCc1cccc2ccccc12. The van der Waals surface area contributed by atoms with Gasteiger partial charge in [-0.2, -0.15) is 13.2 Å². The van der Waals surface area contributed by atoms with Gasteiger partial charge in [0.25, 0.3) is 11.8 Å². The summed E-state index contributed by atoms with van der Waals surface area (Å²) < 4.78 is 52.2. The smallest absolute Gasteiger partial charge is 0.416 e. The molecule has 0 unspecified atom stereocenters. The van der Waals surface area contributed by atoms with E-state index in [4.69, 9.17) is 21.1 Å². The van der Waals surface area contributed by atoms with Gasteiger partial charge in [0.2, 0.25) is 0 Å². The molecule has 0 atom stereocenters. The third-order valence-corrected chi connectivity index (χ3v) is 7.55. The monoisotopic (exact) mass is 706 g/mol. The first-order chi connectivity index (χ1) is 20.0. The molecule has 7 nitrogen and oxygen atoms in total. The molecule has 0 bridgehead atoms. The zero-order valence-corrected chi connectivity index (χ0v) is 24.5. The van der Waals surface area contributed by atoms with E-state index in [1.54, 1.807) is 6.07 Å². The van der Waals surface area contributed by atoms with Crippen LogP contribution in [0.25, 0.3) is 16.8 Å². The van der Waals surface area contributed by atoms with Crippen LogP contribution in [-0.4, -0.2) is 25.0 Å². The molecule has 4 aromatic rings. The van der Waals surface area contributed by atoms with Gasteiger partial charge in [0.05, 0.1) is 27.0 Å². The lowest BCUT2D eigenvalue weighted by Crippen LogP contribution is -2.54. The van der Waals surface area contributed by atoms with Gasteiger partial charge in [-0.15, -0.1) is 0 Å². The van der Waals surface area contributed by atoms with Gasteiger partial charge in [-0.05, 0) is 80.9 Å². The van der Waals surface area contributed by atoms with Gasteiger partial charge in [0, 0.05) is 0 Å². The largest absolute Gasteiger partial charge is 0.493 e. The van der Waals surface area contributed by atoms with E-state index in [1.165, 1.54) is 19.3 Å². The zero-order valence-electron chi connectivity index (χ0n) is 21.6. The van der Waals surface area contributed by atoms with Crippen molar-refractivity contribution in [1.29, 1.82) is 0 Å². The quantitative estimate of drug-likeness (QED) is 0.129. The van der Waals surface area contributed by atoms with E-state index in [0.717, 1.165) is 28.5 Å². The van der Waals surface area contributed by atoms with E-state index in [9.17, 15) is 27.6 Å². The molecule has 1 saturated heterocycles. The van der Waals surface area contributed by atoms with Crippen LogP contribution in [0.3, 0.4) is 0 Å². The summed E-state index contributed by atoms with van der Waals surface area (Å²) >= 11 is 8.09. The Kier molecular flexibility index (Phi) is 8.15. The van der Waals surface area contributed by atoms with E-state index >= 15 is 0 Å². The molecule has 1 N–H and O–H groups in total. The van der Waals surface area contributed by atoms with E-state index < -0.39 is 40.8 Å². The number of nitrogens with zero attached hydrogens (tertiary/aromatic N) is 1. The number of rotatable bonds is 6. The molecular weight excluding hydrogens is 688 g/mol. The third kappa shape index (κ3) is 5.79. The number of halogens is 5. The average Bonchev–Trinajstić information content (AvgIpc) is 2.94. The van der Waals surface area contributed by atoms with Gasteiger partial charge in [-0.25, -0.2) is 9.69 Å². The van der Waals surface area contributed by atoms with Crippen molar-refractivity contribution >= 4 is 74.6 Å². The molecule has 1 aliphatic heterocycles.